The number of benzene rings is 1. The van der Waals surface area contributed by atoms with E-state index in [0.29, 0.717) is 0 Å². The van der Waals surface area contributed by atoms with Gasteiger partial charge in [0, 0.05) is 6.21 Å². The molecule has 4 heteroatoms. The Kier molecular flexibility index (Phi) is 4.69. The van der Waals surface area contributed by atoms with Crippen molar-refractivity contribution in [2.75, 3.05) is 7.11 Å². The minimum atomic E-state index is -0.898. The Balaban J connectivity index is 2.77. The maximum absolute atomic E-state index is 10.9. The predicted molar refractivity (Wildman–Crippen MR) is 66.8 cm³/mol. The largest absolute Gasteiger partial charge is 0.497 e. The first-order valence-corrected chi connectivity index (χ1v) is 5.44. The van der Waals surface area contributed by atoms with E-state index in [4.69, 9.17) is 9.84 Å². The van der Waals surface area contributed by atoms with Crippen molar-refractivity contribution in [2.45, 2.75) is 19.9 Å². The molecule has 0 aromatic heterocycles. The summed E-state index contributed by atoms with van der Waals surface area (Å²) in [7, 11) is 1.60. The molecular formula is C13H17NO3. The lowest BCUT2D eigenvalue weighted by atomic mass is 10.1. The lowest BCUT2D eigenvalue weighted by molar-refractivity contribution is -0.139. The van der Waals surface area contributed by atoms with Gasteiger partial charge in [-0.3, -0.25) is 4.99 Å². The maximum Gasteiger partial charge on any atom is 0.328 e. The molecule has 1 aromatic carbocycles. The molecule has 0 heterocycles. The molecule has 1 aromatic rings. The summed E-state index contributed by atoms with van der Waals surface area (Å²) >= 11 is 0. The van der Waals surface area contributed by atoms with Crippen LogP contribution in [0.4, 0.5) is 0 Å². The quantitative estimate of drug-likeness (QED) is 0.796. The number of ether oxygens (including phenoxy) is 1. The topological polar surface area (TPSA) is 58.9 Å². The molecule has 1 rings (SSSR count). The molecule has 0 saturated heterocycles. The average Bonchev–Trinajstić information content (AvgIpc) is 2.29. The average molecular weight is 235 g/mol. The van der Waals surface area contributed by atoms with Gasteiger partial charge in [0.05, 0.1) is 7.11 Å². The van der Waals surface area contributed by atoms with Gasteiger partial charge in [-0.25, -0.2) is 4.79 Å². The van der Waals surface area contributed by atoms with Gasteiger partial charge in [0.15, 0.2) is 0 Å². The Labute approximate surface area is 101 Å². The molecule has 0 saturated carbocycles. The summed E-state index contributed by atoms with van der Waals surface area (Å²) in [6.07, 6.45) is 1.58. The fraction of sp³-hybridized carbons (Fsp3) is 0.385. The molecule has 92 valence electrons. The minimum absolute atomic E-state index is 0.0259. The number of aliphatic imine (C=N–C) groups is 1. The highest BCUT2D eigenvalue weighted by Crippen LogP contribution is 2.11. The van der Waals surface area contributed by atoms with Gasteiger partial charge in [0.2, 0.25) is 0 Å². The third-order valence-electron chi connectivity index (χ3n) is 2.38. The van der Waals surface area contributed by atoms with Gasteiger partial charge < -0.3 is 9.84 Å². The molecule has 17 heavy (non-hydrogen) atoms. The zero-order chi connectivity index (χ0) is 12.8. The minimum Gasteiger partial charge on any atom is -0.497 e. The first kappa shape index (κ1) is 13.2. The van der Waals surface area contributed by atoms with Crippen LogP contribution in [0.1, 0.15) is 19.4 Å². The van der Waals surface area contributed by atoms with E-state index in [9.17, 15) is 4.79 Å². The first-order chi connectivity index (χ1) is 8.04. The smallest absolute Gasteiger partial charge is 0.328 e. The van der Waals surface area contributed by atoms with Crippen molar-refractivity contribution in [1.82, 2.24) is 0 Å². The third kappa shape index (κ3) is 3.90. The maximum atomic E-state index is 10.9. The zero-order valence-corrected chi connectivity index (χ0v) is 10.3. The van der Waals surface area contributed by atoms with Crippen LogP contribution in [-0.4, -0.2) is 30.4 Å². The van der Waals surface area contributed by atoms with Crippen LogP contribution < -0.4 is 4.74 Å². The molecule has 0 radical (unpaired) electrons. The molecule has 1 unspecified atom stereocenters. The number of aliphatic carboxylic acids is 1. The van der Waals surface area contributed by atoms with Crippen LogP contribution in [0.3, 0.4) is 0 Å². The van der Waals surface area contributed by atoms with Crippen LogP contribution >= 0.6 is 0 Å². The number of methoxy groups -OCH3 is 1. The predicted octanol–water partition coefficient (Wildman–Crippen LogP) is 2.22. The molecule has 0 spiro atoms. The van der Waals surface area contributed by atoms with Crippen molar-refractivity contribution in [3.05, 3.63) is 29.8 Å². The highest BCUT2D eigenvalue weighted by molar-refractivity contribution is 5.83. The number of hydrogen-bond donors (Lipinski definition) is 1. The van der Waals surface area contributed by atoms with Gasteiger partial charge in [-0.2, -0.15) is 0 Å². The van der Waals surface area contributed by atoms with E-state index < -0.39 is 12.0 Å². The lowest BCUT2D eigenvalue weighted by Gasteiger charge is -2.10. The molecular weight excluding hydrogens is 218 g/mol. The van der Waals surface area contributed by atoms with E-state index in [1.54, 1.807) is 13.3 Å². The number of rotatable bonds is 5. The van der Waals surface area contributed by atoms with Crippen LogP contribution in [-0.2, 0) is 4.79 Å². The summed E-state index contributed by atoms with van der Waals surface area (Å²) in [5, 5.41) is 8.97. The Morgan fingerprint density at radius 3 is 2.35 bits per heavy atom. The van der Waals surface area contributed by atoms with Crippen LogP contribution in [0.5, 0.6) is 5.75 Å². The van der Waals surface area contributed by atoms with E-state index in [-0.39, 0.29) is 5.92 Å². The first-order valence-electron chi connectivity index (χ1n) is 5.44. The molecule has 1 atom stereocenters. The van der Waals surface area contributed by atoms with Crippen molar-refractivity contribution in [1.29, 1.82) is 0 Å². The van der Waals surface area contributed by atoms with Gasteiger partial charge in [-0.1, -0.05) is 13.8 Å². The second-order valence-corrected chi connectivity index (χ2v) is 4.08. The SMILES string of the molecule is COc1ccc(C=NC(C(=O)O)C(C)C)cc1. The Bertz CT molecular complexity index is 396. The van der Waals surface area contributed by atoms with E-state index in [1.807, 2.05) is 38.1 Å². The van der Waals surface area contributed by atoms with Crippen LogP contribution in [0.15, 0.2) is 29.3 Å². The third-order valence-corrected chi connectivity index (χ3v) is 2.38. The van der Waals surface area contributed by atoms with Crippen molar-refractivity contribution < 1.29 is 14.6 Å². The van der Waals surface area contributed by atoms with E-state index in [0.717, 1.165) is 11.3 Å². The zero-order valence-electron chi connectivity index (χ0n) is 10.3. The summed E-state index contributed by atoms with van der Waals surface area (Å²) in [5.74, 6) is -0.160. The molecule has 0 aliphatic rings. The van der Waals surface area contributed by atoms with Gasteiger partial charge in [0.1, 0.15) is 11.8 Å². The van der Waals surface area contributed by atoms with Crippen molar-refractivity contribution in [2.24, 2.45) is 10.9 Å². The molecule has 0 amide bonds. The summed E-state index contributed by atoms with van der Waals surface area (Å²) in [6.45, 7) is 3.67. The second-order valence-electron chi connectivity index (χ2n) is 4.08. The number of carboxylic acid groups (broad SMARTS) is 1. The lowest BCUT2D eigenvalue weighted by Crippen LogP contribution is -2.24. The molecule has 1 N–H and O–H groups in total. The Morgan fingerprint density at radius 1 is 1.35 bits per heavy atom. The Hall–Kier alpha value is -1.84. The number of hydrogen-bond acceptors (Lipinski definition) is 3. The van der Waals surface area contributed by atoms with Crippen LogP contribution in [0, 0.1) is 5.92 Å². The summed E-state index contributed by atoms with van der Waals surface area (Å²) in [4.78, 5) is 15.0. The summed E-state index contributed by atoms with van der Waals surface area (Å²) in [5.41, 5.74) is 0.859. The number of carboxylic acids is 1. The highest BCUT2D eigenvalue weighted by atomic mass is 16.5. The molecule has 0 bridgehead atoms. The molecule has 0 aliphatic heterocycles. The highest BCUT2D eigenvalue weighted by Gasteiger charge is 2.19. The molecule has 4 nitrogen and oxygen atoms in total. The van der Waals surface area contributed by atoms with Gasteiger partial charge in [-0.15, -0.1) is 0 Å². The molecule has 0 aliphatic carbocycles. The van der Waals surface area contributed by atoms with Gasteiger partial charge in [0.25, 0.3) is 0 Å². The van der Waals surface area contributed by atoms with Gasteiger partial charge in [-0.05, 0) is 35.7 Å². The number of carbonyl (C=O) groups is 1. The van der Waals surface area contributed by atoms with Crippen LogP contribution in [0.25, 0.3) is 0 Å². The van der Waals surface area contributed by atoms with Crippen LogP contribution in [0.2, 0.25) is 0 Å². The van der Waals surface area contributed by atoms with E-state index >= 15 is 0 Å². The van der Waals surface area contributed by atoms with Crippen molar-refractivity contribution in [3.63, 3.8) is 0 Å². The fourth-order valence-electron chi connectivity index (χ4n) is 1.38. The van der Waals surface area contributed by atoms with Crippen molar-refractivity contribution >= 4 is 12.2 Å². The van der Waals surface area contributed by atoms with Crippen molar-refractivity contribution in [3.8, 4) is 5.75 Å². The second kappa shape index (κ2) is 6.03. The standard InChI is InChI=1S/C13H17NO3/c1-9(2)12(13(15)16)14-8-10-4-6-11(17-3)7-5-10/h4-9,12H,1-3H3,(H,15,16). The van der Waals surface area contributed by atoms with E-state index in [2.05, 4.69) is 4.99 Å². The fourth-order valence-corrected chi connectivity index (χ4v) is 1.38. The molecule has 0 fully saturated rings. The monoisotopic (exact) mass is 235 g/mol. The number of nitrogens with zero attached hydrogens (tertiary/aromatic N) is 1. The van der Waals surface area contributed by atoms with Gasteiger partial charge >= 0.3 is 5.97 Å². The Morgan fingerprint density at radius 2 is 1.94 bits per heavy atom. The van der Waals surface area contributed by atoms with E-state index in [1.165, 1.54) is 0 Å². The normalized spacial score (nSPS) is 12.9. The summed E-state index contributed by atoms with van der Waals surface area (Å²) < 4.78 is 5.03. The summed E-state index contributed by atoms with van der Waals surface area (Å²) in [6, 6.07) is 6.60.